The lowest BCUT2D eigenvalue weighted by atomic mass is 10.2. The summed E-state index contributed by atoms with van der Waals surface area (Å²) in [6.07, 6.45) is 14.8. The number of allylic oxidation sites excluding steroid dienone is 3. The fourth-order valence-corrected chi connectivity index (χ4v) is 1.99. The number of hydrogen-bond donors (Lipinski definition) is 1. The topological polar surface area (TPSA) is 4.44 Å². The molecule has 0 aromatic carbocycles. The third kappa shape index (κ3) is 5.39. The summed E-state index contributed by atoms with van der Waals surface area (Å²) in [4.78, 5) is 1.60. The first-order chi connectivity index (χ1) is 6.88. The number of halogens is 1. The maximum atomic E-state index is 2.30. The number of quaternary nitrogens is 1. The molecule has 1 unspecified atom stereocenters. The standard InChI is InChI=1S/C13H23N.ClH/c1-3-5-6-7-11-14-12-8-10-13(14)9-4-2;/h8,10,12H,3-7,9,11H2,1-2H3;1H. The van der Waals surface area contributed by atoms with Crippen molar-refractivity contribution in [1.82, 2.24) is 0 Å². The SMILES string of the molecule is CCCCCC[NH+]1C=CC=C1CCC.[Cl-]. The van der Waals surface area contributed by atoms with Crippen LogP contribution in [0.2, 0.25) is 0 Å². The minimum atomic E-state index is 0. The third-order valence-corrected chi connectivity index (χ3v) is 2.83. The Morgan fingerprint density at radius 1 is 1.07 bits per heavy atom. The Morgan fingerprint density at radius 2 is 1.87 bits per heavy atom. The number of hydrogen-bond acceptors (Lipinski definition) is 0. The van der Waals surface area contributed by atoms with Crippen LogP contribution in [-0.4, -0.2) is 6.54 Å². The first-order valence-corrected chi connectivity index (χ1v) is 6.12. The van der Waals surface area contributed by atoms with E-state index in [1.54, 1.807) is 10.6 Å². The van der Waals surface area contributed by atoms with Crippen LogP contribution in [-0.2, 0) is 0 Å². The van der Waals surface area contributed by atoms with Crippen molar-refractivity contribution < 1.29 is 17.3 Å². The molecule has 0 aromatic rings. The molecule has 0 amide bonds. The molecular weight excluding hydrogens is 206 g/mol. The second kappa shape index (κ2) is 8.99. The monoisotopic (exact) mass is 229 g/mol. The normalized spacial score (nSPS) is 18.8. The highest BCUT2D eigenvalue weighted by atomic mass is 35.5. The smallest absolute Gasteiger partial charge is 0.112 e. The van der Waals surface area contributed by atoms with E-state index in [0.29, 0.717) is 0 Å². The lowest BCUT2D eigenvalue weighted by molar-refractivity contribution is -0.804. The van der Waals surface area contributed by atoms with E-state index in [9.17, 15) is 0 Å². The van der Waals surface area contributed by atoms with E-state index < -0.39 is 0 Å². The molecule has 1 nitrogen and oxygen atoms in total. The Labute approximate surface area is 101 Å². The average Bonchev–Trinajstić information content (AvgIpc) is 2.61. The summed E-state index contributed by atoms with van der Waals surface area (Å²) in [5.74, 6) is 0. The van der Waals surface area contributed by atoms with E-state index in [0.717, 1.165) is 0 Å². The summed E-state index contributed by atoms with van der Waals surface area (Å²) in [5, 5.41) is 0. The van der Waals surface area contributed by atoms with E-state index in [4.69, 9.17) is 0 Å². The zero-order chi connectivity index (χ0) is 10.2. The Morgan fingerprint density at radius 3 is 2.53 bits per heavy atom. The van der Waals surface area contributed by atoms with Crippen molar-refractivity contribution in [1.29, 1.82) is 0 Å². The van der Waals surface area contributed by atoms with Gasteiger partial charge < -0.3 is 12.4 Å². The van der Waals surface area contributed by atoms with Crippen molar-refractivity contribution in [3.05, 3.63) is 24.0 Å². The third-order valence-electron chi connectivity index (χ3n) is 2.83. The fourth-order valence-electron chi connectivity index (χ4n) is 1.99. The van der Waals surface area contributed by atoms with Gasteiger partial charge in [0.05, 0.1) is 12.7 Å². The molecule has 1 aliphatic rings. The van der Waals surface area contributed by atoms with Gasteiger partial charge in [-0.1, -0.05) is 26.7 Å². The Bertz CT molecular complexity index is 209. The zero-order valence-electron chi connectivity index (χ0n) is 10.1. The minimum Gasteiger partial charge on any atom is -1.00 e. The van der Waals surface area contributed by atoms with E-state index in [1.807, 2.05) is 0 Å². The maximum Gasteiger partial charge on any atom is 0.112 e. The molecule has 1 heterocycles. The van der Waals surface area contributed by atoms with Crippen LogP contribution in [0.3, 0.4) is 0 Å². The van der Waals surface area contributed by atoms with Crippen molar-refractivity contribution in [3.8, 4) is 0 Å². The average molecular weight is 230 g/mol. The van der Waals surface area contributed by atoms with Crippen LogP contribution < -0.4 is 17.3 Å². The Kier molecular flexibility index (Phi) is 8.83. The molecular formula is C13H24ClN. The molecule has 0 saturated heterocycles. The van der Waals surface area contributed by atoms with Crippen LogP contribution in [0.15, 0.2) is 24.0 Å². The summed E-state index contributed by atoms with van der Waals surface area (Å²) in [6, 6.07) is 0. The first kappa shape index (κ1) is 14.7. The fraction of sp³-hybridized carbons (Fsp3) is 0.692. The molecule has 0 aromatic heterocycles. The zero-order valence-corrected chi connectivity index (χ0v) is 10.8. The van der Waals surface area contributed by atoms with E-state index in [1.165, 1.54) is 45.1 Å². The van der Waals surface area contributed by atoms with E-state index >= 15 is 0 Å². The highest BCUT2D eigenvalue weighted by Gasteiger charge is 2.14. The maximum absolute atomic E-state index is 2.30. The summed E-state index contributed by atoms with van der Waals surface area (Å²) in [5.41, 5.74) is 1.59. The van der Waals surface area contributed by atoms with Gasteiger partial charge in [0.15, 0.2) is 0 Å². The molecule has 0 bridgehead atoms. The van der Waals surface area contributed by atoms with Crippen LogP contribution in [0.25, 0.3) is 0 Å². The predicted octanol–water partition coefficient (Wildman–Crippen LogP) is -0.333. The lowest BCUT2D eigenvalue weighted by Crippen LogP contribution is -3.04. The van der Waals surface area contributed by atoms with Gasteiger partial charge in [0.25, 0.3) is 0 Å². The molecule has 0 aliphatic carbocycles. The molecule has 0 fully saturated rings. The van der Waals surface area contributed by atoms with Gasteiger partial charge in [-0.25, -0.2) is 0 Å². The van der Waals surface area contributed by atoms with Crippen LogP contribution in [0.1, 0.15) is 52.4 Å². The highest BCUT2D eigenvalue weighted by Crippen LogP contribution is 2.02. The largest absolute Gasteiger partial charge is 1.00 e. The Balaban J connectivity index is 0.00000196. The summed E-state index contributed by atoms with van der Waals surface area (Å²) in [6.45, 7) is 5.82. The number of unbranched alkanes of at least 4 members (excludes halogenated alkanes) is 3. The van der Waals surface area contributed by atoms with Crippen molar-refractivity contribution in [3.63, 3.8) is 0 Å². The van der Waals surface area contributed by atoms with Gasteiger partial charge in [0, 0.05) is 12.5 Å². The van der Waals surface area contributed by atoms with Gasteiger partial charge in [-0.15, -0.1) is 0 Å². The summed E-state index contributed by atoms with van der Waals surface area (Å²) < 4.78 is 0. The summed E-state index contributed by atoms with van der Waals surface area (Å²) >= 11 is 0. The van der Waals surface area contributed by atoms with Gasteiger partial charge in [-0.3, -0.25) is 4.90 Å². The second-order valence-electron chi connectivity index (χ2n) is 4.14. The van der Waals surface area contributed by atoms with Gasteiger partial charge in [0.1, 0.15) is 5.70 Å². The van der Waals surface area contributed by atoms with Gasteiger partial charge in [-0.05, 0) is 25.3 Å². The van der Waals surface area contributed by atoms with E-state index in [2.05, 4.69) is 32.2 Å². The lowest BCUT2D eigenvalue weighted by Gasteiger charge is -2.13. The predicted molar refractivity (Wildman–Crippen MR) is 62.1 cm³/mol. The molecule has 1 aliphatic heterocycles. The van der Waals surface area contributed by atoms with Gasteiger partial charge >= 0.3 is 0 Å². The molecule has 1 rings (SSSR count). The van der Waals surface area contributed by atoms with Crippen LogP contribution in [0.4, 0.5) is 0 Å². The second-order valence-corrected chi connectivity index (χ2v) is 4.14. The molecule has 0 radical (unpaired) electrons. The molecule has 2 heteroatoms. The molecule has 1 atom stereocenters. The van der Waals surface area contributed by atoms with Crippen molar-refractivity contribution in [2.75, 3.05) is 6.54 Å². The molecule has 88 valence electrons. The molecule has 15 heavy (non-hydrogen) atoms. The van der Waals surface area contributed by atoms with Crippen LogP contribution in [0, 0.1) is 0 Å². The number of rotatable bonds is 7. The number of nitrogens with one attached hydrogen (secondary N) is 1. The molecule has 0 spiro atoms. The van der Waals surface area contributed by atoms with Crippen LogP contribution >= 0.6 is 0 Å². The minimum absolute atomic E-state index is 0. The molecule has 0 saturated carbocycles. The Hall–Kier alpha value is -0.270. The van der Waals surface area contributed by atoms with Crippen molar-refractivity contribution in [2.45, 2.75) is 52.4 Å². The van der Waals surface area contributed by atoms with Crippen molar-refractivity contribution in [2.24, 2.45) is 0 Å². The van der Waals surface area contributed by atoms with Gasteiger partial charge in [0.2, 0.25) is 0 Å². The van der Waals surface area contributed by atoms with Gasteiger partial charge in [-0.2, -0.15) is 0 Å². The highest BCUT2D eigenvalue weighted by molar-refractivity contribution is 5.10. The summed E-state index contributed by atoms with van der Waals surface area (Å²) in [7, 11) is 0. The van der Waals surface area contributed by atoms with E-state index in [-0.39, 0.29) is 12.4 Å². The van der Waals surface area contributed by atoms with Crippen molar-refractivity contribution >= 4 is 0 Å². The van der Waals surface area contributed by atoms with Crippen LogP contribution in [0.5, 0.6) is 0 Å². The quantitative estimate of drug-likeness (QED) is 0.571. The first-order valence-electron chi connectivity index (χ1n) is 6.12. The molecule has 1 N–H and O–H groups in total.